The number of carbonyl (C=O) groups is 1. The predicted octanol–water partition coefficient (Wildman–Crippen LogP) is 1.70. The van der Waals surface area contributed by atoms with Gasteiger partial charge in [0, 0.05) is 11.6 Å². The lowest BCUT2D eigenvalue weighted by Crippen LogP contribution is -2.09. The summed E-state index contributed by atoms with van der Waals surface area (Å²) < 4.78 is 9.49. The van der Waals surface area contributed by atoms with Gasteiger partial charge in [-0.25, -0.2) is 4.79 Å². The Labute approximate surface area is 91.9 Å². The van der Waals surface area contributed by atoms with Gasteiger partial charge in [-0.15, -0.1) is 0 Å². The number of esters is 1. The van der Waals surface area contributed by atoms with Gasteiger partial charge in [0.05, 0.1) is 19.1 Å². The van der Waals surface area contributed by atoms with Crippen LogP contribution in [0.3, 0.4) is 0 Å². The van der Waals surface area contributed by atoms with E-state index < -0.39 is 10.9 Å². The fourth-order valence-corrected chi connectivity index (χ4v) is 1.41. The smallest absolute Gasteiger partial charge is 0.345 e. The lowest BCUT2D eigenvalue weighted by molar-refractivity contribution is -0.385. The standard InChI is InChI=1S/C10H11NO5/c1-6-8(15-2)5-4-7(11(13)14)9(6)10(12)16-3/h4-5H,1-3H3. The van der Waals surface area contributed by atoms with Gasteiger partial charge in [-0.05, 0) is 13.0 Å². The zero-order valence-corrected chi connectivity index (χ0v) is 9.14. The summed E-state index contributed by atoms with van der Waals surface area (Å²) in [6.07, 6.45) is 0. The molecule has 0 saturated heterocycles. The molecule has 1 aromatic rings. The first-order valence-corrected chi connectivity index (χ1v) is 4.43. The fourth-order valence-electron chi connectivity index (χ4n) is 1.41. The molecule has 6 heteroatoms. The van der Waals surface area contributed by atoms with Gasteiger partial charge >= 0.3 is 5.97 Å². The molecule has 86 valence electrons. The number of methoxy groups -OCH3 is 2. The first kappa shape index (κ1) is 12.0. The molecule has 6 nitrogen and oxygen atoms in total. The molecule has 1 aromatic carbocycles. The molecule has 0 aliphatic carbocycles. The fraction of sp³-hybridized carbons (Fsp3) is 0.300. The van der Waals surface area contributed by atoms with Crippen LogP contribution in [0.4, 0.5) is 5.69 Å². The quantitative estimate of drug-likeness (QED) is 0.444. The predicted molar refractivity (Wildman–Crippen MR) is 55.7 cm³/mol. The molecule has 0 radical (unpaired) electrons. The van der Waals surface area contributed by atoms with E-state index in [4.69, 9.17) is 4.74 Å². The first-order valence-electron chi connectivity index (χ1n) is 4.43. The number of carbonyl (C=O) groups excluding carboxylic acids is 1. The second-order valence-corrected chi connectivity index (χ2v) is 3.04. The molecule has 16 heavy (non-hydrogen) atoms. The van der Waals surface area contributed by atoms with Crippen LogP contribution in [0.2, 0.25) is 0 Å². The zero-order chi connectivity index (χ0) is 12.3. The number of rotatable bonds is 3. The minimum Gasteiger partial charge on any atom is -0.496 e. The van der Waals surface area contributed by atoms with E-state index in [1.807, 2.05) is 0 Å². The van der Waals surface area contributed by atoms with Crippen LogP contribution >= 0.6 is 0 Å². The van der Waals surface area contributed by atoms with Gasteiger partial charge in [-0.1, -0.05) is 0 Å². The van der Waals surface area contributed by atoms with Crippen LogP contribution in [-0.2, 0) is 4.74 Å². The lowest BCUT2D eigenvalue weighted by atomic mass is 10.1. The molecule has 0 aliphatic heterocycles. The first-order chi connectivity index (χ1) is 7.52. The summed E-state index contributed by atoms with van der Waals surface area (Å²) in [6.45, 7) is 1.57. The molecule has 0 N–H and O–H groups in total. The SMILES string of the molecule is COC(=O)c1c([N+](=O)[O-])ccc(OC)c1C. The third kappa shape index (κ3) is 1.95. The van der Waals surface area contributed by atoms with Gasteiger partial charge in [-0.3, -0.25) is 10.1 Å². The van der Waals surface area contributed by atoms with Crippen LogP contribution in [0, 0.1) is 17.0 Å². The Balaban J connectivity index is 3.48. The van der Waals surface area contributed by atoms with Crippen molar-refractivity contribution in [2.75, 3.05) is 14.2 Å². The highest BCUT2D eigenvalue weighted by atomic mass is 16.6. The Hall–Kier alpha value is -2.11. The summed E-state index contributed by atoms with van der Waals surface area (Å²) in [5.41, 5.74) is 0.0283. The minimum atomic E-state index is -0.747. The zero-order valence-electron chi connectivity index (χ0n) is 9.14. The lowest BCUT2D eigenvalue weighted by Gasteiger charge is -2.08. The van der Waals surface area contributed by atoms with Crippen molar-refractivity contribution in [1.29, 1.82) is 0 Å². The van der Waals surface area contributed by atoms with Gasteiger partial charge in [0.25, 0.3) is 5.69 Å². The number of benzene rings is 1. The third-order valence-corrected chi connectivity index (χ3v) is 2.20. The van der Waals surface area contributed by atoms with E-state index in [1.54, 1.807) is 6.92 Å². The van der Waals surface area contributed by atoms with Gasteiger partial charge in [0.1, 0.15) is 11.3 Å². The van der Waals surface area contributed by atoms with E-state index in [0.717, 1.165) is 0 Å². The Kier molecular flexibility index (Phi) is 3.44. The van der Waals surface area contributed by atoms with Crippen molar-refractivity contribution in [3.05, 3.63) is 33.4 Å². The van der Waals surface area contributed by atoms with E-state index in [1.165, 1.54) is 26.4 Å². The van der Waals surface area contributed by atoms with E-state index in [-0.39, 0.29) is 11.3 Å². The Morgan fingerprint density at radius 2 is 2.00 bits per heavy atom. The van der Waals surface area contributed by atoms with Crippen molar-refractivity contribution in [2.24, 2.45) is 0 Å². The molecule has 0 aromatic heterocycles. The molecular formula is C10H11NO5. The second kappa shape index (κ2) is 4.61. The van der Waals surface area contributed by atoms with Crippen molar-refractivity contribution >= 4 is 11.7 Å². The van der Waals surface area contributed by atoms with Gasteiger partial charge < -0.3 is 9.47 Å². The molecule has 0 amide bonds. The normalized spacial score (nSPS) is 9.69. The van der Waals surface area contributed by atoms with Crippen LogP contribution in [-0.4, -0.2) is 25.1 Å². The van der Waals surface area contributed by atoms with Gasteiger partial charge in [-0.2, -0.15) is 0 Å². The highest BCUT2D eigenvalue weighted by Crippen LogP contribution is 2.29. The molecule has 0 fully saturated rings. The maximum Gasteiger partial charge on any atom is 0.345 e. The van der Waals surface area contributed by atoms with Crippen LogP contribution in [0.15, 0.2) is 12.1 Å². The average Bonchev–Trinajstić information content (AvgIpc) is 2.27. The number of hydrogen-bond donors (Lipinski definition) is 0. The molecular weight excluding hydrogens is 214 g/mol. The minimum absolute atomic E-state index is 0.0770. The van der Waals surface area contributed by atoms with Crippen molar-refractivity contribution < 1.29 is 19.2 Å². The van der Waals surface area contributed by atoms with E-state index in [0.29, 0.717) is 11.3 Å². The summed E-state index contributed by atoms with van der Waals surface area (Å²) in [5.74, 6) is -0.339. The molecule has 0 saturated carbocycles. The maximum absolute atomic E-state index is 11.4. The van der Waals surface area contributed by atoms with Crippen LogP contribution < -0.4 is 4.74 Å². The molecule has 0 spiro atoms. The largest absolute Gasteiger partial charge is 0.496 e. The van der Waals surface area contributed by atoms with Crippen LogP contribution in [0.1, 0.15) is 15.9 Å². The maximum atomic E-state index is 11.4. The summed E-state index contributed by atoms with van der Waals surface area (Å²) in [4.78, 5) is 21.6. The number of nitro groups is 1. The highest BCUT2D eigenvalue weighted by Gasteiger charge is 2.25. The second-order valence-electron chi connectivity index (χ2n) is 3.04. The van der Waals surface area contributed by atoms with E-state index in [2.05, 4.69) is 4.74 Å². The topological polar surface area (TPSA) is 78.7 Å². The third-order valence-electron chi connectivity index (χ3n) is 2.20. The van der Waals surface area contributed by atoms with Crippen molar-refractivity contribution in [3.8, 4) is 5.75 Å². The Morgan fingerprint density at radius 1 is 1.38 bits per heavy atom. The number of nitro benzene ring substituents is 1. The Bertz CT molecular complexity index is 441. The van der Waals surface area contributed by atoms with Gasteiger partial charge in [0.15, 0.2) is 0 Å². The molecule has 1 rings (SSSR count). The van der Waals surface area contributed by atoms with Crippen molar-refractivity contribution in [1.82, 2.24) is 0 Å². The average molecular weight is 225 g/mol. The number of nitrogens with zero attached hydrogens (tertiary/aromatic N) is 1. The summed E-state index contributed by atoms with van der Waals surface area (Å²) in [5, 5.41) is 10.8. The monoisotopic (exact) mass is 225 g/mol. The van der Waals surface area contributed by atoms with Crippen molar-refractivity contribution in [3.63, 3.8) is 0 Å². The molecule has 0 unspecified atom stereocenters. The van der Waals surface area contributed by atoms with Crippen LogP contribution in [0.25, 0.3) is 0 Å². The van der Waals surface area contributed by atoms with Gasteiger partial charge in [0.2, 0.25) is 0 Å². The summed E-state index contributed by atoms with van der Waals surface area (Å²) in [7, 11) is 2.60. The summed E-state index contributed by atoms with van der Waals surface area (Å²) >= 11 is 0. The highest BCUT2D eigenvalue weighted by molar-refractivity contribution is 5.96. The molecule has 0 bridgehead atoms. The summed E-state index contributed by atoms with van der Waals surface area (Å²) in [6, 6.07) is 2.66. The number of ether oxygens (including phenoxy) is 2. The van der Waals surface area contributed by atoms with E-state index >= 15 is 0 Å². The Morgan fingerprint density at radius 3 is 2.44 bits per heavy atom. The van der Waals surface area contributed by atoms with E-state index in [9.17, 15) is 14.9 Å². The number of hydrogen-bond acceptors (Lipinski definition) is 5. The molecule has 0 aliphatic rings. The van der Waals surface area contributed by atoms with Crippen molar-refractivity contribution in [2.45, 2.75) is 6.92 Å². The molecule has 0 heterocycles. The van der Waals surface area contributed by atoms with Crippen LogP contribution in [0.5, 0.6) is 5.75 Å². The molecule has 0 atom stereocenters.